The van der Waals surface area contributed by atoms with Gasteiger partial charge in [-0.15, -0.1) is 11.3 Å². The van der Waals surface area contributed by atoms with Crippen LogP contribution < -0.4 is 5.32 Å². The predicted octanol–water partition coefficient (Wildman–Crippen LogP) is 1.30. The fraction of sp³-hybridized carbons (Fsp3) is 0.636. The molecule has 15 heavy (non-hydrogen) atoms. The minimum atomic E-state index is 0.351. The zero-order valence-electron chi connectivity index (χ0n) is 8.78. The zero-order chi connectivity index (χ0) is 10.3. The van der Waals surface area contributed by atoms with Crippen LogP contribution in [0.15, 0.2) is 17.5 Å². The molecule has 0 aromatic carbocycles. The molecule has 0 bridgehead atoms. The van der Waals surface area contributed by atoms with Crippen molar-refractivity contribution < 1.29 is 9.47 Å². The summed E-state index contributed by atoms with van der Waals surface area (Å²) in [5.41, 5.74) is 0. The fourth-order valence-electron chi connectivity index (χ4n) is 1.40. The molecule has 2 heterocycles. The summed E-state index contributed by atoms with van der Waals surface area (Å²) in [6.45, 7) is 4.30. The first-order valence-corrected chi connectivity index (χ1v) is 6.25. The van der Waals surface area contributed by atoms with Gasteiger partial charge in [0.25, 0.3) is 0 Å². The summed E-state index contributed by atoms with van der Waals surface area (Å²) in [5, 5.41) is 5.49. The highest BCUT2D eigenvalue weighted by Gasteiger charge is 2.17. The molecule has 0 atom stereocenters. The maximum Gasteiger partial charge on any atom is 0.104 e. The van der Waals surface area contributed by atoms with Gasteiger partial charge in [-0.25, -0.2) is 0 Å². The molecule has 1 fully saturated rings. The summed E-state index contributed by atoms with van der Waals surface area (Å²) >= 11 is 1.82. The van der Waals surface area contributed by atoms with Crippen molar-refractivity contribution in [2.45, 2.75) is 12.5 Å². The Balaban J connectivity index is 1.41. The van der Waals surface area contributed by atoms with Crippen LogP contribution in [0.3, 0.4) is 0 Å². The maximum absolute atomic E-state index is 5.53. The van der Waals surface area contributed by atoms with Crippen LogP contribution in [0, 0.1) is 0 Å². The van der Waals surface area contributed by atoms with Gasteiger partial charge in [-0.05, 0) is 17.9 Å². The van der Waals surface area contributed by atoms with Crippen molar-refractivity contribution in [1.82, 2.24) is 5.32 Å². The number of thiophene rings is 1. The molecule has 1 aromatic rings. The number of hydrogen-bond donors (Lipinski definition) is 1. The molecule has 3 nitrogen and oxygen atoms in total. The Morgan fingerprint density at radius 1 is 1.47 bits per heavy atom. The number of nitrogens with one attached hydrogen (secondary N) is 1. The second kappa shape index (κ2) is 6.23. The van der Waals surface area contributed by atoms with Crippen LogP contribution in [-0.2, 0) is 15.9 Å². The molecule has 0 aliphatic carbocycles. The molecule has 1 saturated heterocycles. The third kappa shape index (κ3) is 3.91. The van der Waals surface area contributed by atoms with Gasteiger partial charge in [0.1, 0.15) is 6.10 Å². The second-order valence-electron chi connectivity index (χ2n) is 3.61. The average molecular weight is 227 g/mol. The highest BCUT2D eigenvalue weighted by Crippen LogP contribution is 2.08. The van der Waals surface area contributed by atoms with E-state index >= 15 is 0 Å². The zero-order valence-corrected chi connectivity index (χ0v) is 9.59. The summed E-state index contributed by atoms with van der Waals surface area (Å²) in [6, 6.07) is 4.27. The van der Waals surface area contributed by atoms with Crippen LogP contribution in [-0.4, -0.2) is 39.0 Å². The first-order valence-electron chi connectivity index (χ1n) is 5.37. The van der Waals surface area contributed by atoms with Gasteiger partial charge in [0.2, 0.25) is 0 Å². The van der Waals surface area contributed by atoms with Gasteiger partial charge in [0.15, 0.2) is 0 Å². The molecule has 1 aliphatic rings. The largest absolute Gasteiger partial charge is 0.376 e. The van der Waals surface area contributed by atoms with Crippen molar-refractivity contribution in [3.63, 3.8) is 0 Å². The van der Waals surface area contributed by atoms with Gasteiger partial charge in [0, 0.05) is 18.0 Å². The van der Waals surface area contributed by atoms with Crippen LogP contribution in [0.25, 0.3) is 0 Å². The Morgan fingerprint density at radius 3 is 3.07 bits per heavy atom. The van der Waals surface area contributed by atoms with Gasteiger partial charge in [0.05, 0.1) is 19.8 Å². The van der Waals surface area contributed by atoms with E-state index in [1.807, 2.05) is 11.3 Å². The van der Waals surface area contributed by atoms with Crippen LogP contribution >= 0.6 is 11.3 Å². The van der Waals surface area contributed by atoms with E-state index in [9.17, 15) is 0 Å². The maximum atomic E-state index is 5.53. The van der Waals surface area contributed by atoms with E-state index in [2.05, 4.69) is 22.8 Å². The van der Waals surface area contributed by atoms with Gasteiger partial charge < -0.3 is 14.8 Å². The third-order valence-electron chi connectivity index (χ3n) is 2.37. The lowest BCUT2D eigenvalue weighted by Crippen LogP contribution is -2.37. The molecule has 4 heteroatoms. The van der Waals surface area contributed by atoms with Gasteiger partial charge in [-0.2, -0.15) is 0 Å². The van der Waals surface area contributed by atoms with Gasteiger partial charge >= 0.3 is 0 Å². The summed E-state index contributed by atoms with van der Waals surface area (Å²) < 4.78 is 10.5. The molecule has 0 radical (unpaired) electrons. The summed E-state index contributed by atoms with van der Waals surface area (Å²) in [5.74, 6) is 0. The highest BCUT2D eigenvalue weighted by atomic mass is 32.1. The smallest absolute Gasteiger partial charge is 0.104 e. The summed E-state index contributed by atoms with van der Waals surface area (Å²) in [7, 11) is 0. The Bertz CT molecular complexity index is 260. The van der Waals surface area contributed by atoms with Gasteiger partial charge in [-0.1, -0.05) is 6.07 Å². The minimum absolute atomic E-state index is 0.351. The standard InChI is InChI=1S/C11H17NO2S/c1-2-11(15-7-1)3-4-12-5-6-14-10-8-13-9-10/h1-2,7,10,12H,3-6,8-9H2. The lowest BCUT2D eigenvalue weighted by Gasteiger charge is -2.25. The Labute approximate surface area is 94.4 Å². The molecule has 84 valence electrons. The average Bonchev–Trinajstić information content (AvgIpc) is 2.66. The van der Waals surface area contributed by atoms with Crippen molar-refractivity contribution in [2.24, 2.45) is 0 Å². The van der Waals surface area contributed by atoms with Crippen molar-refractivity contribution in [2.75, 3.05) is 32.9 Å². The van der Waals surface area contributed by atoms with Crippen LogP contribution in [0.2, 0.25) is 0 Å². The second-order valence-corrected chi connectivity index (χ2v) is 4.64. The van der Waals surface area contributed by atoms with Gasteiger partial charge in [-0.3, -0.25) is 0 Å². The molecular formula is C11H17NO2S. The Hall–Kier alpha value is -0.420. The Kier molecular flexibility index (Phi) is 4.60. The fourth-order valence-corrected chi connectivity index (χ4v) is 2.11. The van der Waals surface area contributed by atoms with Crippen molar-refractivity contribution in [3.8, 4) is 0 Å². The summed E-state index contributed by atoms with van der Waals surface area (Å²) in [4.78, 5) is 1.44. The summed E-state index contributed by atoms with van der Waals surface area (Å²) in [6.07, 6.45) is 1.47. The van der Waals surface area contributed by atoms with E-state index in [1.165, 1.54) is 4.88 Å². The molecule has 0 amide bonds. The molecule has 1 aromatic heterocycles. The van der Waals surface area contributed by atoms with Crippen LogP contribution in [0.5, 0.6) is 0 Å². The Morgan fingerprint density at radius 2 is 2.40 bits per heavy atom. The van der Waals surface area contributed by atoms with Crippen molar-refractivity contribution in [3.05, 3.63) is 22.4 Å². The van der Waals surface area contributed by atoms with Crippen molar-refractivity contribution >= 4 is 11.3 Å². The van der Waals surface area contributed by atoms with E-state index in [-0.39, 0.29) is 0 Å². The number of rotatable bonds is 7. The van der Waals surface area contributed by atoms with E-state index in [1.54, 1.807) is 0 Å². The quantitative estimate of drug-likeness (QED) is 0.712. The van der Waals surface area contributed by atoms with E-state index in [0.29, 0.717) is 6.10 Å². The molecular weight excluding hydrogens is 210 g/mol. The first-order chi connectivity index (χ1) is 7.45. The molecule has 1 aliphatic heterocycles. The highest BCUT2D eigenvalue weighted by molar-refractivity contribution is 7.09. The van der Waals surface area contributed by atoms with E-state index in [4.69, 9.17) is 9.47 Å². The number of ether oxygens (including phenoxy) is 2. The third-order valence-corrected chi connectivity index (χ3v) is 3.30. The normalized spacial score (nSPS) is 16.5. The molecule has 0 unspecified atom stereocenters. The predicted molar refractivity (Wildman–Crippen MR) is 61.5 cm³/mol. The molecule has 2 rings (SSSR count). The number of hydrogen-bond acceptors (Lipinski definition) is 4. The lowest BCUT2D eigenvalue weighted by atomic mass is 10.3. The van der Waals surface area contributed by atoms with Crippen molar-refractivity contribution in [1.29, 1.82) is 0 Å². The minimum Gasteiger partial charge on any atom is -0.376 e. The SMILES string of the molecule is c1csc(CCNCCOC2COC2)c1. The topological polar surface area (TPSA) is 30.5 Å². The van der Waals surface area contributed by atoms with E-state index < -0.39 is 0 Å². The first kappa shape index (κ1) is 11.1. The molecule has 0 saturated carbocycles. The molecule has 1 N–H and O–H groups in total. The molecule has 0 spiro atoms. The lowest BCUT2D eigenvalue weighted by molar-refractivity contribution is -0.128. The monoisotopic (exact) mass is 227 g/mol. The van der Waals surface area contributed by atoms with E-state index in [0.717, 1.165) is 39.3 Å². The van der Waals surface area contributed by atoms with Crippen LogP contribution in [0.4, 0.5) is 0 Å². The van der Waals surface area contributed by atoms with Crippen LogP contribution in [0.1, 0.15) is 4.88 Å².